The third-order valence-electron chi connectivity index (χ3n) is 2.47. The Morgan fingerprint density at radius 2 is 1.90 bits per heavy atom. The van der Waals surface area contributed by atoms with Gasteiger partial charge in [0.05, 0.1) is 0 Å². The van der Waals surface area contributed by atoms with Gasteiger partial charge in [-0.25, -0.2) is 4.79 Å². The largest absolute Gasteiger partial charge is 0.480 e. The van der Waals surface area contributed by atoms with E-state index in [9.17, 15) is 14.4 Å². The molecule has 0 aliphatic rings. The number of aliphatic carboxylic acids is 1. The van der Waals surface area contributed by atoms with E-state index in [-0.39, 0.29) is 12.3 Å². The molecule has 3 N–H and O–H groups in total. The van der Waals surface area contributed by atoms with E-state index in [1.807, 2.05) is 0 Å². The first kappa shape index (κ1) is 15.4. The minimum Gasteiger partial charge on any atom is -0.480 e. The summed E-state index contributed by atoms with van der Waals surface area (Å²) >= 11 is 0. The Kier molecular flexibility index (Phi) is 5.46. The van der Waals surface area contributed by atoms with Crippen LogP contribution in [0.5, 0.6) is 0 Å². The molecular weight excluding hydrogens is 260 g/mol. The molecular formula is C14H16N2O4. The van der Waals surface area contributed by atoms with Crippen molar-refractivity contribution in [3.05, 3.63) is 42.5 Å². The second kappa shape index (κ2) is 7.08. The van der Waals surface area contributed by atoms with Crippen LogP contribution in [0.1, 0.15) is 23.7 Å². The maximum absolute atomic E-state index is 11.9. The number of amides is 2. The third-order valence-corrected chi connectivity index (χ3v) is 2.47. The number of carbonyl (C=O) groups is 3. The monoisotopic (exact) mass is 276 g/mol. The number of hydrogen-bond acceptors (Lipinski definition) is 3. The van der Waals surface area contributed by atoms with Gasteiger partial charge in [-0.15, -0.1) is 6.58 Å². The lowest BCUT2D eigenvalue weighted by Gasteiger charge is -2.12. The Balaban J connectivity index is 2.74. The number of anilines is 1. The highest BCUT2D eigenvalue weighted by Crippen LogP contribution is 2.10. The van der Waals surface area contributed by atoms with Crippen molar-refractivity contribution >= 4 is 23.5 Å². The first-order valence-corrected chi connectivity index (χ1v) is 5.96. The summed E-state index contributed by atoms with van der Waals surface area (Å²) in [6.07, 6.45) is 1.57. The van der Waals surface area contributed by atoms with Gasteiger partial charge in [0.25, 0.3) is 5.91 Å². The molecule has 6 nitrogen and oxygen atoms in total. The standard InChI is InChI=1S/C14H16N2O4/c1-3-4-12(14(19)20)16-13(18)10-5-7-11(8-6-10)15-9(2)17/h3,5-8,12H,1,4H2,2H3,(H,15,17)(H,16,18)(H,19,20)/t12-/m1/s1. The van der Waals surface area contributed by atoms with Crippen molar-refractivity contribution in [3.63, 3.8) is 0 Å². The van der Waals surface area contributed by atoms with Crippen molar-refractivity contribution < 1.29 is 19.5 Å². The van der Waals surface area contributed by atoms with E-state index in [1.54, 1.807) is 12.1 Å². The predicted octanol–water partition coefficient (Wildman–Crippen LogP) is 1.40. The molecule has 1 aromatic rings. The first-order valence-electron chi connectivity index (χ1n) is 5.96. The van der Waals surface area contributed by atoms with Crippen LogP contribution in [0.3, 0.4) is 0 Å². The van der Waals surface area contributed by atoms with E-state index in [0.717, 1.165) is 0 Å². The van der Waals surface area contributed by atoms with Crippen LogP contribution in [-0.4, -0.2) is 28.9 Å². The molecule has 0 heterocycles. The number of carbonyl (C=O) groups excluding carboxylic acids is 2. The Morgan fingerprint density at radius 3 is 2.35 bits per heavy atom. The van der Waals surface area contributed by atoms with Crippen LogP contribution in [-0.2, 0) is 9.59 Å². The summed E-state index contributed by atoms with van der Waals surface area (Å²) in [7, 11) is 0. The van der Waals surface area contributed by atoms with Crippen molar-refractivity contribution in [2.45, 2.75) is 19.4 Å². The minimum atomic E-state index is -1.12. The van der Waals surface area contributed by atoms with Crippen LogP contribution < -0.4 is 10.6 Å². The highest BCUT2D eigenvalue weighted by molar-refractivity contribution is 5.97. The number of hydrogen-bond donors (Lipinski definition) is 3. The number of carboxylic acid groups (broad SMARTS) is 1. The Morgan fingerprint density at radius 1 is 1.30 bits per heavy atom. The maximum atomic E-state index is 11.9. The van der Waals surface area contributed by atoms with E-state index >= 15 is 0 Å². The third kappa shape index (κ3) is 4.56. The second-order valence-corrected chi connectivity index (χ2v) is 4.15. The quantitative estimate of drug-likeness (QED) is 0.684. The zero-order chi connectivity index (χ0) is 15.1. The molecule has 0 aliphatic carbocycles. The molecule has 0 radical (unpaired) electrons. The van der Waals surface area contributed by atoms with Gasteiger partial charge in [-0.1, -0.05) is 6.08 Å². The molecule has 0 bridgehead atoms. The van der Waals surface area contributed by atoms with Gasteiger partial charge >= 0.3 is 5.97 Å². The maximum Gasteiger partial charge on any atom is 0.326 e. The number of benzene rings is 1. The van der Waals surface area contributed by atoms with Crippen LogP contribution in [0.15, 0.2) is 36.9 Å². The average molecular weight is 276 g/mol. The zero-order valence-corrected chi connectivity index (χ0v) is 11.1. The molecule has 0 aliphatic heterocycles. The molecule has 6 heteroatoms. The Labute approximate surface area is 116 Å². The van der Waals surface area contributed by atoms with Gasteiger partial charge in [0, 0.05) is 18.2 Å². The molecule has 2 amide bonds. The van der Waals surface area contributed by atoms with Gasteiger partial charge in [0.1, 0.15) is 6.04 Å². The lowest BCUT2D eigenvalue weighted by Crippen LogP contribution is -2.40. The highest BCUT2D eigenvalue weighted by atomic mass is 16.4. The van der Waals surface area contributed by atoms with E-state index in [0.29, 0.717) is 11.3 Å². The number of carboxylic acids is 1. The predicted molar refractivity (Wildman–Crippen MR) is 74.4 cm³/mol. The normalized spacial score (nSPS) is 11.2. The first-order chi connectivity index (χ1) is 9.43. The molecule has 0 spiro atoms. The smallest absolute Gasteiger partial charge is 0.326 e. The molecule has 1 atom stereocenters. The molecule has 0 unspecified atom stereocenters. The van der Waals surface area contributed by atoms with E-state index < -0.39 is 17.9 Å². The molecule has 0 saturated heterocycles. The fourth-order valence-electron chi connectivity index (χ4n) is 1.54. The van der Waals surface area contributed by atoms with Crippen molar-refractivity contribution in [1.29, 1.82) is 0 Å². The summed E-state index contributed by atoms with van der Waals surface area (Å²) in [4.78, 5) is 33.7. The summed E-state index contributed by atoms with van der Waals surface area (Å²) < 4.78 is 0. The molecule has 0 fully saturated rings. The summed E-state index contributed by atoms with van der Waals surface area (Å²) in [5.41, 5.74) is 0.879. The second-order valence-electron chi connectivity index (χ2n) is 4.15. The average Bonchev–Trinajstić information content (AvgIpc) is 2.38. The van der Waals surface area contributed by atoms with E-state index in [1.165, 1.54) is 25.1 Å². The molecule has 20 heavy (non-hydrogen) atoms. The van der Waals surface area contributed by atoms with Gasteiger partial charge in [-0.3, -0.25) is 9.59 Å². The van der Waals surface area contributed by atoms with Crippen molar-refractivity contribution in [2.75, 3.05) is 5.32 Å². The molecule has 106 valence electrons. The van der Waals surface area contributed by atoms with Gasteiger partial charge in [-0.2, -0.15) is 0 Å². The van der Waals surface area contributed by atoms with Crippen molar-refractivity contribution in [3.8, 4) is 0 Å². The molecule has 0 aromatic heterocycles. The van der Waals surface area contributed by atoms with E-state index in [4.69, 9.17) is 5.11 Å². The summed E-state index contributed by atoms with van der Waals surface area (Å²) in [6.45, 7) is 4.83. The highest BCUT2D eigenvalue weighted by Gasteiger charge is 2.18. The van der Waals surface area contributed by atoms with Crippen LogP contribution in [0.2, 0.25) is 0 Å². The van der Waals surface area contributed by atoms with Crippen molar-refractivity contribution in [2.24, 2.45) is 0 Å². The molecule has 1 aromatic carbocycles. The van der Waals surface area contributed by atoms with Crippen LogP contribution >= 0.6 is 0 Å². The van der Waals surface area contributed by atoms with Crippen molar-refractivity contribution in [1.82, 2.24) is 5.32 Å². The Bertz CT molecular complexity index is 522. The van der Waals surface area contributed by atoms with Gasteiger partial charge in [0.2, 0.25) is 5.91 Å². The lowest BCUT2D eigenvalue weighted by atomic mass is 10.1. The number of nitrogens with one attached hydrogen (secondary N) is 2. The van der Waals surface area contributed by atoms with Crippen LogP contribution in [0.25, 0.3) is 0 Å². The lowest BCUT2D eigenvalue weighted by molar-refractivity contribution is -0.139. The van der Waals surface area contributed by atoms with Gasteiger partial charge in [0.15, 0.2) is 0 Å². The summed E-state index contributed by atoms with van der Waals surface area (Å²) in [5, 5.41) is 13.9. The molecule has 0 saturated carbocycles. The number of rotatable bonds is 6. The van der Waals surface area contributed by atoms with Crippen LogP contribution in [0.4, 0.5) is 5.69 Å². The Hall–Kier alpha value is -2.63. The fourth-order valence-corrected chi connectivity index (χ4v) is 1.54. The van der Waals surface area contributed by atoms with Gasteiger partial charge in [-0.05, 0) is 30.7 Å². The fraction of sp³-hybridized carbons (Fsp3) is 0.214. The molecule has 1 rings (SSSR count). The van der Waals surface area contributed by atoms with Gasteiger partial charge < -0.3 is 15.7 Å². The van der Waals surface area contributed by atoms with Crippen LogP contribution in [0, 0.1) is 0 Å². The zero-order valence-electron chi connectivity index (χ0n) is 11.1. The topological polar surface area (TPSA) is 95.5 Å². The van der Waals surface area contributed by atoms with E-state index in [2.05, 4.69) is 17.2 Å². The SMILES string of the molecule is C=CC[C@@H](NC(=O)c1ccc(NC(C)=O)cc1)C(=O)O. The summed E-state index contributed by atoms with van der Waals surface area (Å²) in [6, 6.07) is 5.15. The minimum absolute atomic E-state index is 0.144. The summed E-state index contributed by atoms with van der Waals surface area (Å²) in [5.74, 6) is -1.82.